The molecule has 2 aromatic rings. The Morgan fingerprint density at radius 1 is 1.08 bits per heavy atom. The predicted molar refractivity (Wildman–Crippen MR) is 97.9 cm³/mol. The average Bonchev–Trinajstić information content (AvgIpc) is 2.83. The number of nitrogens with one attached hydrogen (secondary N) is 1. The fourth-order valence-electron chi connectivity index (χ4n) is 2.33. The van der Waals surface area contributed by atoms with Crippen LogP contribution >= 0.6 is 11.8 Å². The second kappa shape index (κ2) is 6.49. The summed E-state index contributed by atoms with van der Waals surface area (Å²) in [6.07, 6.45) is 1.77. The summed E-state index contributed by atoms with van der Waals surface area (Å²) in [5.74, 6) is -0.644. The highest BCUT2D eigenvalue weighted by Crippen LogP contribution is 2.35. The van der Waals surface area contributed by atoms with Crippen LogP contribution in [0.3, 0.4) is 0 Å². The molecule has 1 saturated heterocycles. The molecule has 0 spiro atoms. The fourth-order valence-corrected chi connectivity index (χ4v) is 3.19. The summed E-state index contributed by atoms with van der Waals surface area (Å²) in [7, 11) is 3.93. The van der Waals surface area contributed by atoms with Gasteiger partial charge in [-0.2, -0.15) is 0 Å². The van der Waals surface area contributed by atoms with Crippen molar-refractivity contribution in [2.24, 2.45) is 0 Å². The van der Waals surface area contributed by atoms with Crippen LogP contribution in [0.4, 0.5) is 15.8 Å². The third-order valence-corrected chi connectivity index (χ3v) is 4.50. The summed E-state index contributed by atoms with van der Waals surface area (Å²) in [4.78, 5) is 16.3. The highest BCUT2D eigenvalue weighted by atomic mass is 32.2. The highest BCUT2D eigenvalue weighted by Gasteiger charge is 2.33. The number of hydrogen-bond donors (Lipinski definition) is 1. The van der Waals surface area contributed by atoms with E-state index in [1.54, 1.807) is 6.08 Å². The molecule has 0 radical (unpaired) electrons. The fraction of sp³-hybridized carbons (Fsp3) is 0.111. The van der Waals surface area contributed by atoms with Crippen molar-refractivity contribution >= 4 is 40.3 Å². The summed E-state index contributed by atoms with van der Waals surface area (Å²) in [5, 5.41) is 8.15. The van der Waals surface area contributed by atoms with Crippen LogP contribution < -0.4 is 9.80 Å². The summed E-state index contributed by atoms with van der Waals surface area (Å²) in [5.41, 5.74) is 2.46. The first-order valence-electron chi connectivity index (χ1n) is 7.31. The number of halogens is 1. The van der Waals surface area contributed by atoms with E-state index >= 15 is 0 Å². The Morgan fingerprint density at radius 3 is 2.29 bits per heavy atom. The first-order valence-corrected chi connectivity index (χ1v) is 8.13. The van der Waals surface area contributed by atoms with Crippen LogP contribution in [0.25, 0.3) is 6.08 Å². The van der Waals surface area contributed by atoms with Gasteiger partial charge in [0.25, 0.3) is 5.91 Å². The molecule has 122 valence electrons. The number of hydrogen-bond acceptors (Lipinski definition) is 4. The molecule has 2 aromatic carbocycles. The van der Waals surface area contributed by atoms with E-state index in [2.05, 4.69) is 0 Å². The van der Waals surface area contributed by atoms with Gasteiger partial charge in [-0.15, -0.1) is 0 Å². The molecule has 1 amide bonds. The number of rotatable bonds is 3. The van der Waals surface area contributed by atoms with Gasteiger partial charge in [0.05, 0.1) is 10.6 Å². The second-order valence-corrected chi connectivity index (χ2v) is 6.55. The van der Waals surface area contributed by atoms with Crippen molar-refractivity contribution < 1.29 is 9.18 Å². The van der Waals surface area contributed by atoms with Gasteiger partial charge in [0.15, 0.2) is 5.17 Å². The highest BCUT2D eigenvalue weighted by molar-refractivity contribution is 8.19. The van der Waals surface area contributed by atoms with Crippen molar-refractivity contribution in [1.29, 1.82) is 5.41 Å². The number of carbonyl (C=O) groups is 1. The minimum absolute atomic E-state index is 0.114. The Kier molecular flexibility index (Phi) is 4.40. The molecule has 0 aromatic heterocycles. The number of benzene rings is 2. The molecule has 1 aliphatic heterocycles. The van der Waals surface area contributed by atoms with E-state index in [4.69, 9.17) is 5.41 Å². The zero-order valence-corrected chi connectivity index (χ0v) is 14.1. The Morgan fingerprint density at radius 2 is 1.71 bits per heavy atom. The molecular formula is C18H16FN3OS. The largest absolute Gasteiger partial charge is 0.378 e. The van der Waals surface area contributed by atoms with Crippen LogP contribution in [0.15, 0.2) is 53.4 Å². The Hall–Kier alpha value is -2.60. The van der Waals surface area contributed by atoms with E-state index in [9.17, 15) is 9.18 Å². The van der Waals surface area contributed by atoms with E-state index in [1.807, 2.05) is 43.3 Å². The number of carbonyl (C=O) groups excluding carboxylic acids is 1. The number of amides is 1. The van der Waals surface area contributed by atoms with Gasteiger partial charge < -0.3 is 4.90 Å². The van der Waals surface area contributed by atoms with Gasteiger partial charge in [-0.3, -0.25) is 15.1 Å². The van der Waals surface area contributed by atoms with Crippen LogP contribution in [0.1, 0.15) is 5.56 Å². The van der Waals surface area contributed by atoms with E-state index < -0.39 is 0 Å². The lowest BCUT2D eigenvalue weighted by atomic mass is 10.2. The monoisotopic (exact) mass is 341 g/mol. The van der Waals surface area contributed by atoms with Crippen LogP contribution in [-0.2, 0) is 4.79 Å². The molecule has 6 heteroatoms. The van der Waals surface area contributed by atoms with Gasteiger partial charge in [0.1, 0.15) is 5.82 Å². The maximum Gasteiger partial charge on any atom is 0.271 e. The third-order valence-electron chi connectivity index (χ3n) is 3.62. The number of anilines is 2. The Balaban J connectivity index is 1.86. The molecule has 1 N–H and O–H groups in total. The van der Waals surface area contributed by atoms with Crippen LogP contribution in [0, 0.1) is 11.2 Å². The van der Waals surface area contributed by atoms with Crippen molar-refractivity contribution in [1.82, 2.24) is 0 Å². The Labute approximate surface area is 144 Å². The molecule has 0 unspecified atom stereocenters. The number of amidine groups is 1. The van der Waals surface area contributed by atoms with Gasteiger partial charge in [0, 0.05) is 19.8 Å². The molecule has 1 heterocycles. The standard InChI is InChI=1S/C18H16FN3OS/c1-21(2)14-7-3-12(4-8-14)11-16-17(23)22(18(20)24-16)15-9-5-13(19)6-10-15/h3-11,20H,1-2H3/b16-11-,20-18?. The lowest BCUT2D eigenvalue weighted by Crippen LogP contribution is -2.28. The van der Waals surface area contributed by atoms with E-state index in [1.165, 1.54) is 29.2 Å². The van der Waals surface area contributed by atoms with E-state index in [0.29, 0.717) is 10.6 Å². The quantitative estimate of drug-likeness (QED) is 0.860. The zero-order valence-electron chi connectivity index (χ0n) is 13.3. The number of nitrogens with zero attached hydrogens (tertiary/aromatic N) is 2. The summed E-state index contributed by atoms with van der Waals surface area (Å²) in [6, 6.07) is 13.4. The van der Waals surface area contributed by atoms with Crippen molar-refractivity contribution in [2.75, 3.05) is 23.9 Å². The van der Waals surface area contributed by atoms with Crippen LogP contribution in [0.2, 0.25) is 0 Å². The molecular weight excluding hydrogens is 325 g/mol. The summed E-state index contributed by atoms with van der Waals surface area (Å²) in [6.45, 7) is 0. The lowest BCUT2D eigenvalue weighted by Gasteiger charge is -2.14. The molecule has 0 bridgehead atoms. The first-order chi connectivity index (χ1) is 11.5. The second-order valence-electron chi connectivity index (χ2n) is 5.52. The lowest BCUT2D eigenvalue weighted by molar-refractivity contribution is -0.113. The topological polar surface area (TPSA) is 47.4 Å². The van der Waals surface area contributed by atoms with Crippen LogP contribution in [-0.4, -0.2) is 25.2 Å². The minimum atomic E-state index is -0.374. The van der Waals surface area contributed by atoms with E-state index in [0.717, 1.165) is 23.0 Å². The summed E-state index contributed by atoms with van der Waals surface area (Å²) < 4.78 is 13.0. The van der Waals surface area contributed by atoms with Crippen molar-refractivity contribution in [2.45, 2.75) is 0 Å². The molecule has 0 aliphatic carbocycles. The molecule has 0 saturated carbocycles. The van der Waals surface area contributed by atoms with Gasteiger partial charge in [-0.25, -0.2) is 4.39 Å². The first kappa shape index (κ1) is 16.3. The Bertz CT molecular complexity index is 813. The van der Waals surface area contributed by atoms with Gasteiger partial charge in [-0.05, 0) is 59.8 Å². The SMILES string of the molecule is CN(C)c1ccc(/C=C2\SC(=N)N(c3ccc(F)cc3)C2=O)cc1. The van der Waals surface area contributed by atoms with Gasteiger partial charge in [-0.1, -0.05) is 12.1 Å². The molecule has 24 heavy (non-hydrogen) atoms. The molecule has 3 rings (SSSR count). The molecule has 1 fully saturated rings. The summed E-state index contributed by atoms with van der Waals surface area (Å²) >= 11 is 1.10. The normalized spacial score (nSPS) is 16.1. The minimum Gasteiger partial charge on any atom is -0.378 e. The average molecular weight is 341 g/mol. The van der Waals surface area contributed by atoms with E-state index in [-0.39, 0.29) is 16.9 Å². The predicted octanol–water partition coefficient (Wildman–Crippen LogP) is 3.95. The van der Waals surface area contributed by atoms with Crippen molar-refractivity contribution in [3.05, 3.63) is 64.8 Å². The molecule has 0 atom stereocenters. The number of thioether (sulfide) groups is 1. The van der Waals surface area contributed by atoms with Crippen molar-refractivity contribution in [3.63, 3.8) is 0 Å². The smallest absolute Gasteiger partial charge is 0.271 e. The molecule has 4 nitrogen and oxygen atoms in total. The maximum atomic E-state index is 13.0. The maximum absolute atomic E-state index is 13.0. The van der Waals surface area contributed by atoms with Crippen LogP contribution in [0.5, 0.6) is 0 Å². The van der Waals surface area contributed by atoms with Gasteiger partial charge in [0.2, 0.25) is 0 Å². The van der Waals surface area contributed by atoms with Gasteiger partial charge >= 0.3 is 0 Å². The molecule has 1 aliphatic rings. The third kappa shape index (κ3) is 3.19. The zero-order chi connectivity index (χ0) is 17.3. The van der Waals surface area contributed by atoms with Crippen molar-refractivity contribution in [3.8, 4) is 0 Å².